The van der Waals surface area contributed by atoms with Crippen molar-refractivity contribution in [3.05, 3.63) is 71.3 Å². The average molecular weight is 510 g/mol. The summed E-state index contributed by atoms with van der Waals surface area (Å²) in [5.41, 5.74) is 0.633. The van der Waals surface area contributed by atoms with E-state index >= 15 is 0 Å². The molecule has 2 aliphatic rings. The second kappa shape index (κ2) is 12.3. The highest BCUT2D eigenvalue weighted by Gasteiger charge is 2.51. The van der Waals surface area contributed by atoms with E-state index < -0.39 is 23.5 Å². The fraction of sp³-hybridized carbons (Fsp3) is 0.464. The first-order valence-corrected chi connectivity index (χ1v) is 12.8. The monoisotopic (exact) mass is 509 g/mol. The molecule has 2 aromatic carbocycles. The Hall–Kier alpha value is -3.27. The van der Waals surface area contributed by atoms with E-state index in [0.29, 0.717) is 18.5 Å². The summed E-state index contributed by atoms with van der Waals surface area (Å²) in [6.07, 6.45) is 1.17. The SMILES string of the molecule is CC1CNCCC1OCC(=O)NC1(C(=O)OCc2ccccc2)c2ccccc2CCN1CCC(=O)O. The van der Waals surface area contributed by atoms with Crippen molar-refractivity contribution in [2.24, 2.45) is 5.92 Å². The van der Waals surface area contributed by atoms with Crippen molar-refractivity contribution in [1.29, 1.82) is 0 Å². The zero-order valence-corrected chi connectivity index (χ0v) is 21.2. The van der Waals surface area contributed by atoms with Crippen LogP contribution in [0.1, 0.15) is 36.5 Å². The third-order valence-corrected chi connectivity index (χ3v) is 7.09. The predicted molar refractivity (Wildman–Crippen MR) is 136 cm³/mol. The smallest absolute Gasteiger partial charge is 0.352 e. The molecule has 4 rings (SSSR count). The minimum atomic E-state index is -1.67. The minimum Gasteiger partial charge on any atom is -0.481 e. The molecule has 9 heteroatoms. The van der Waals surface area contributed by atoms with Crippen LogP contribution in [0, 0.1) is 5.92 Å². The second-order valence-electron chi connectivity index (χ2n) is 9.68. The number of carbonyl (C=O) groups excluding carboxylic acids is 2. The van der Waals surface area contributed by atoms with Crippen LogP contribution in [0.25, 0.3) is 0 Å². The third-order valence-electron chi connectivity index (χ3n) is 7.09. The van der Waals surface area contributed by atoms with E-state index in [9.17, 15) is 19.5 Å². The molecule has 37 heavy (non-hydrogen) atoms. The average Bonchev–Trinajstić information content (AvgIpc) is 2.91. The maximum absolute atomic E-state index is 13.9. The van der Waals surface area contributed by atoms with E-state index in [1.54, 1.807) is 17.0 Å². The van der Waals surface area contributed by atoms with Gasteiger partial charge in [-0.15, -0.1) is 0 Å². The van der Waals surface area contributed by atoms with Gasteiger partial charge in [-0.3, -0.25) is 14.5 Å². The molecule has 2 heterocycles. The Kier molecular flexibility index (Phi) is 8.91. The molecule has 0 aliphatic carbocycles. The first-order chi connectivity index (χ1) is 17.9. The maximum atomic E-state index is 13.9. The lowest BCUT2D eigenvalue weighted by molar-refractivity contribution is -0.169. The number of carboxylic acids is 1. The molecule has 3 unspecified atom stereocenters. The molecule has 9 nitrogen and oxygen atoms in total. The van der Waals surface area contributed by atoms with Crippen molar-refractivity contribution in [1.82, 2.24) is 15.5 Å². The Bertz CT molecular complexity index is 1090. The largest absolute Gasteiger partial charge is 0.481 e. The van der Waals surface area contributed by atoms with Crippen LogP contribution >= 0.6 is 0 Å². The first kappa shape index (κ1) is 26.8. The van der Waals surface area contributed by atoms with Crippen LogP contribution in [0.4, 0.5) is 0 Å². The van der Waals surface area contributed by atoms with Gasteiger partial charge in [0.25, 0.3) is 0 Å². The number of carboxylic acid groups (broad SMARTS) is 1. The van der Waals surface area contributed by atoms with Crippen LogP contribution in [-0.2, 0) is 42.5 Å². The third kappa shape index (κ3) is 6.36. The van der Waals surface area contributed by atoms with Crippen LogP contribution in [0.5, 0.6) is 0 Å². The molecule has 1 fully saturated rings. The van der Waals surface area contributed by atoms with E-state index in [2.05, 4.69) is 17.6 Å². The number of hydrogen-bond donors (Lipinski definition) is 3. The summed E-state index contributed by atoms with van der Waals surface area (Å²) in [6, 6.07) is 16.7. The highest BCUT2D eigenvalue weighted by molar-refractivity contribution is 5.90. The molecule has 1 saturated heterocycles. The van der Waals surface area contributed by atoms with E-state index in [-0.39, 0.29) is 38.2 Å². The summed E-state index contributed by atoms with van der Waals surface area (Å²) >= 11 is 0. The number of hydrogen-bond acceptors (Lipinski definition) is 7. The number of aliphatic carboxylic acids is 1. The molecular formula is C28H35N3O6. The molecule has 0 bridgehead atoms. The summed E-state index contributed by atoms with van der Waals surface area (Å²) in [7, 11) is 0. The molecular weight excluding hydrogens is 474 g/mol. The highest BCUT2D eigenvalue weighted by Crippen LogP contribution is 2.35. The van der Waals surface area contributed by atoms with Crippen LogP contribution in [0.15, 0.2) is 54.6 Å². The zero-order valence-electron chi connectivity index (χ0n) is 21.2. The fourth-order valence-electron chi connectivity index (χ4n) is 5.12. The number of esters is 1. The van der Waals surface area contributed by atoms with Gasteiger partial charge >= 0.3 is 11.9 Å². The number of nitrogens with zero attached hydrogens (tertiary/aromatic N) is 1. The van der Waals surface area contributed by atoms with Crippen molar-refractivity contribution >= 4 is 17.8 Å². The number of benzene rings is 2. The van der Waals surface area contributed by atoms with E-state index in [1.807, 2.05) is 42.5 Å². The van der Waals surface area contributed by atoms with Gasteiger partial charge in [0.05, 0.1) is 12.5 Å². The highest BCUT2D eigenvalue weighted by atomic mass is 16.5. The van der Waals surface area contributed by atoms with Gasteiger partial charge in [-0.25, -0.2) is 4.79 Å². The normalized spacial score (nSPS) is 23.6. The predicted octanol–water partition coefficient (Wildman–Crippen LogP) is 2.05. The number of piperidine rings is 1. The quantitative estimate of drug-likeness (QED) is 0.417. The maximum Gasteiger partial charge on any atom is 0.352 e. The van der Waals surface area contributed by atoms with Gasteiger partial charge in [0.2, 0.25) is 11.6 Å². The van der Waals surface area contributed by atoms with Crippen molar-refractivity contribution in [3.8, 4) is 0 Å². The lowest BCUT2D eigenvalue weighted by Gasteiger charge is -2.46. The topological polar surface area (TPSA) is 117 Å². The van der Waals surface area contributed by atoms with Crippen molar-refractivity contribution in [3.63, 3.8) is 0 Å². The zero-order chi connectivity index (χ0) is 26.3. The number of fused-ring (bicyclic) bond motifs is 1. The summed E-state index contributed by atoms with van der Waals surface area (Å²) < 4.78 is 11.7. The molecule has 1 amide bonds. The summed E-state index contributed by atoms with van der Waals surface area (Å²) in [5.74, 6) is -1.84. The molecule has 3 N–H and O–H groups in total. The molecule has 0 saturated carbocycles. The number of carbonyl (C=O) groups is 3. The van der Waals surface area contributed by atoms with E-state index in [1.165, 1.54) is 0 Å². The van der Waals surface area contributed by atoms with Crippen LogP contribution in [0.3, 0.4) is 0 Å². The summed E-state index contributed by atoms with van der Waals surface area (Å²) in [5, 5.41) is 15.6. The van der Waals surface area contributed by atoms with Crippen molar-refractivity contribution in [2.75, 3.05) is 32.8 Å². The van der Waals surface area contributed by atoms with Crippen molar-refractivity contribution in [2.45, 2.75) is 44.6 Å². The summed E-state index contributed by atoms with van der Waals surface area (Å²) in [4.78, 5) is 40.4. The van der Waals surface area contributed by atoms with Crippen LogP contribution in [-0.4, -0.2) is 66.7 Å². The van der Waals surface area contributed by atoms with Gasteiger partial charge in [0, 0.05) is 25.2 Å². The Morgan fingerprint density at radius 3 is 2.65 bits per heavy atom. The molecule has 0 spiro atoms. The van der Waals surface area contributed by atoms with Crippen LogP contribution in [0.2, 0.25) is 0 Å². The lowest BCUT2D eigenvalue weighted by Crippen LogP contribution is -2.66. The van der Waals surface area contributed by atoms with Gasteiger partial charge in [0.1, 0.15) is 13.2 Å². The number of ether oxygens (including phenoxy) is 2. The minimum absolute atomic E-state index is 0.0231. The Labute approximate surface area is 217 Å². The molecule has 2 aliphatic heterocycles. The van der Waals surface area contributed by atoms with Gasteiger partial charge in [0.15, 0.2) is 0 Å². The van der Waals surface area contributed by atoms with Gasteiger partial charge < -0.3 is 25.2 Å². The van der Waals surface area contributed by atoms with E-state index in [0.717, 1.165) is 30.6 Å². The Morgan fingerprint density at radius 1 is 1.14 bits per heavy atom. The molecule has 3 atom stereocenters. The molecule has 198 valence electrons. The standard InChI is InChI=1S/C28H35N3O6/c1-20-17-29-14-11-24(20)36-19-25(32)30-28(27(35)37-18-21-7-3-2-4-8-21)23-10-6-5-9-22(23)12-15-31(28)16-13-26(33)34/h2-10,20,24,29H,11-19H2,1H3,(H,30,32)(H,33,34). The first-order valence-electron chi connectivity index (χ1n) is 12.8. The van der Waals surface area contributed by atoms with E-state index in [4.69, 9.17) is 9.47 Å². The Morgan fingerprint density at radius 2 is 1.89 bits per heavy atom. The summed E-state index contributed by atoms with van der Waals surface area (Å²) in [6.45, 7) is 3.98. The van der Waals surface area contributed by atoms with Crippen LogP contribution < -0.4 is 10.6 Å². The van der Waals surface area contributed by atoms with Gasteiger partial charge in [-0.1, -0.05) is 61.5 Å². The van der Waals surface area contributed by atoms with Crippen molar-refractivity contribution < 1.29 is 29.0 Å². The molecule has 0 radical (unpaired) electrons. The number of nitrogens with one attached hydrogen (secondary N) is 2. The fourth-order valence-corrected chi connectivity index (χ4v) is 5.12. The van der Waals surface area contributed by atoms with Gasteiger partial charge in [-0.05, 0) is 36.4 Å². The lowest BCUT2D eigenvalue weighted by atomic mass is 9.86. The Balaban J connectivity index is 1.63. The van der Waals surface area contributed by atoms with Gasteiger partial charge in [-0.2, -0.15) is 0 Å². The molecule has 2 aromatic rings. The molecule has 0 aromatic heterocycles. The number of rotatable bonds is 10. The number of amides is 1. The second-order valence-corrected chi connectivity index (χ2v) is 9.68.